The van der Waals surface area contributed by atoms with Crippen molar-refractivity contribution in [3.05, 3.63) is 29.8 Å². The van der Waals surface area contributed by atoms with Gasteiger partial charge in [0.15, 0.2) is 0 Å². The van der Waals surface area contributed by atoms with Crippen LogP contribution in [-0.4, -0.2) is 19.2 Å². The number of benzene rings is 1. The highest BCUT2D eigenvalue weighted by atomic mass is 16.5. The zero-order valence-corrected chi connectivity index (χ0v) is 11.5. The molecular weight excluding hydrogens is 210 g/mol. The monoisotopic (exact) mass is 235 g/mol. The fraction of sp³-hybridized carbons (Fsp3) is 0.600. The average Bonchev–Trinajstić information content (AvgIpc) is 2.30. The third-order valence-corrected chi connectivity index (χ3v) is 3.02. The molecule has 1 aromatic carbocycles. The summed E-state index contributed by atoms with van der Waals surface area (Å²) < 4.78 is 5.45. The molecule has 0 radical (unpaired) electrons. The smallest absolute Gasteiger partial charge is 0.119 e. The molecule has 96 valence electrons. The summed E-state index contributed by atoms with van der Waals surface area (Å²) in [4.78, 5) is 0. The van der Waals surface area contributed by atoms with Gasteiger partial charge in [-0.1, -0.05) is 26.0 Å². The van der Waals surface area contributed by atoms with Gasteiger partial charge in [0.05, 0.1) is 6.61 Å². The van der Waals surface area contributed by atoms with Crippen LogP contribution in [0.3, 0.4) is 0 Å². The molecule has 1 rings (SSSR count). The van der Waals surface area contributed by atoms with Crippen LogP contribution in [0, 0.1) is 0 Å². The van der Waals surface area contributed by atoms with Gasteiger partial charge in [0.25, 0.3) is 0 Å². The number of nitrogens with one attached hydrogen (secondary N) is 1. The molecule has 1 aromatic rings. The SMILES string of the molecule is CCNC(C)CC(C)c1ccc(OCC)cc1. The minimum absolute atomic E-state index is 0.571. The van der Waals surface area contributed by atoms with Crippen molar-refractivity contribution in [2.75, 3.05) is 13.2 Å². The van der Waals surface area contributed by atoms with Crippen LogP contribution in [0.5, 0.6) is 5.75 Å². The van der Waals surface area contributed by atoms with E-state index < -0.39 is 0 Å². The zero-order valence-electron chi connectivity index (χ0n) is 11.5. The highest BCUT2D eigenvalue weighted by molar-refractivity contribution is 5.29. The highest BCUT2D eigenvalue weighted by Crippen LogP contribution is 2.23. The van der Waals surface area contributed by atoms with Gasteiger partial charge in [-0.25, -0.2) is 0 Å². The molecule has 1 N–H and O–H groups in total. The maximum atomic E-state index is 5.45. The lowest BCUT2D eigenvalue weighted by molar-refractivity contribution is 0.340. The lowest BCUT2D eigenvalue weighted by Gasteiger charge is -2.18. The molecule has 2 nitrogen and oxygen atoms in total. The third kappa shape index (κ3) is 4.78. The van der Waals surface area contributed by atoms with Crippen LogP contribution in [0.1, 0.15) is 45.6 Å². The maximum Gasteiger partial charge on any atom is 0.119 e. The van der Waals surface area contributed by atoms with Gasteiger partial charge in [-0.05, 0) is 50.4 Å². The Bertz CT molecular complexity index is 307. The summed E-state index contributed by atoms with van der Waals surface area (Å²) in [5, 5.41) is 3.45. The summed E-state index contributed by atoms with van der Waals surface area (Å²) >= 11 is 0. The van der Waals surface area contributed by atoms with Gasteiger partial charge in [0.2, 0.25) is 0 Å². The number of hydrogen-bond acceptors (Lipinski definition) is 2. The van der Waals surface area contributed by atoms with Gasteiger partial charge < -0.3 is 10.1 Å². The van der Waals surface area contributed by atoms with Crippen molar-refractivity contribution in [1.82, 2.24) is 5.32 Å². The topological polar surface area (TPSA) is 21.3 Å². The van der Waals surface area contributed by atoms with Gasteiger partial charge in [-0.3, -0.25) is 0 Å². The minimum atomic E-state index is 0.571. The van der Waals surface area contributed by atoms with Gasteiger partial charge in [-0.15, -0.1) is 0 Å². The molecule has 2 unspecified atom stereocenters. The van der Waals surface area contributed by atoms with Crippen LogP contribution >= 0.6 is 0 Å². The molecule has 0 spiro atoms. The molecular formula is C15H25NO. The van der Waals surface area contributed by atoms with E-state index in [4.69, 9.17) is 4.74 Å². The molecule has 0 aliphatic heterocycles. The maximum absolute atomic E-state index is 5.45. The Morgan fingerprint density at radius 2 is 1.76 bits per heavy atom. The minimum Gasteiger partial charge on any atom is -0.494 e. The first-order chi connectivity index (χ1) is 8.17. The van der Waals surface area contributed by atoms with E-state index in [0.717, 1.165) is 18.9 Å². The van der Waals surface area contributed by atoms with Crippen molar-refractivity contribution < 1.29 is 4.74 Å². The van der Waals surface area contributed by atoms with Crippen LogP contribution in [0.4, 0.5) is 0 Å². The molecule has 0 aliphatic rings. The van der Waals surface area contributed by atoms with Gasteiger partial charge in [-0.2, -0.15) is 0 Å². The van der Waals surface area contributed by atoms with Crippen molar-refractivity contribution in [3.8, 4) is 5.75 Å². The molecule has 0 saturated carbocycles. The zero-order chi connectivity index (χ0) is 12.7. The first-order valence-electron chi connectivity index (χ1n) is 6.63. The van der Waals surface area contributed by atoms with E-state index in [2.05, 4.69) is 50.4 Å². The van der Waals surface area contributed by atoms with Crippen LogP contribution in [0.25, 0.3) is 0 Å². The third-order valence-electron chi connectivity index (χ3n) is 3.02. The molecule has 0 fully saturated rings. The summed E-state index contributed by atoms with van der Waals surface area (Å²) in [5.41, 5.74) is 1.39. The van der Waals surface area contributed by atoms with Gasteiger partial charge >= 0.3 is 0 Å². The van der Waals surface area contributed by atoms with Crippen LogP contribution in [0.15, 0.2) is 24.3 Å². The summed E-state index contributed by atoms with van der Waals surface area (Å²) in [7, 11) is 0. The molecule has 2 atom stereocenters. The Morgan fingerprint density at radius 3 is 2.29 bits per heavy atom. The summed E-state index contributed by atoms with van der Waals surface area (Å²) in [6.45, 7) is 10.5. The molecule has 0 heterocycles. The van der Waals surface area contributed by atoms with Crippen LogP contribution < -0.4 is 10.1 Å². The van der Waals surface area contributed by atoms with E-state index in [1.54, 1.807) is 0 Å². The Morgan fingerprint density at radius 1 is 1.12 bits per heavy atom. The van der Waals surface area contributed by atoms with Crippen molar-refractivity contribution in [2.24, 2.45) is 0 Å². The summed E-state index contributed by atoms with van der Waals surface area (Å²) in [6.07, 6.45) is 1.17. The van der Waals surface area contributed by atoms with Crippen molar-refractivity contribution >= 4 is 0 Å². The Kier molecular flexibility index (Phi) is 6.06. The van der Waals surface area contributed by atoms with Gasteiger partial charge in [0, 0.05) is 6.04 Å². The first kappa shape index (κ1) is 14.0. The lowest BCUT2D eigenvalue weighted by Crippen LogP contribution is -2.26. The largest absolute Gasteiger partial charge is 0.494 e. The molecule has 0 aliphatic carbocycles. The number of hydrogen-bond donors (Lipinski definition) is 1. The lowest BCUT2D eigenvalue weighted by atomic mass is 9.94. The van der Waals surface area contributed by atoms with Crippen LogP contribution in [0.2, 0.25) is 0 Å². The Hall–Kier alpha value is -1.02. The standard InChI is InChI=1S/C15H25NO/c1-5-16-13(4)11-12(3)14-7-9-15(10-8-14)17-6-2/h7-10,12-13,16H,5-6,11H2,1-4H3. The van der Waals surface area contributed by atoms with E-state index >= 15 is 0 Å². The predicted molar refractivity (Wildman–Crippen MR) is 73.8 cm³/mol. The van der Waals surface area contributed by atoms with Crippen molar-refractivity contribution in [1.29, 1.82) is 0 Å². The van der Waals surface area contributed by atoms with E-state index in [0.29, 0.717) is 12.0 Å². The van der Waals surface area contributed by atoms with E-state index in [1.807, 2.05) is 6.92 Å². The normalized spacial score (nSPS) is 14.4. The summed E-state index contributed by atoms with van der Waals surface area (Å²) in [6, 6.07) is 9.05. The molecule has 0 aromatic heterocycles. The first-order valence-corrected chi connectivity index (χ1v) is 6.63. The predicted octanol–water partition coefficient (Wildman–Crippen LogP) is 3.58. The van der Waals surface area contributed by atoms with Crippen molar-refractivity contribution in [2.45, 2.75) is 46.1 Å². The average molecular weight is 235 g/mol. The van der Waals surface area contributed by atoms with Crippen LogP contribution in [-0.2, 0) is 0 Å². The fourth-order valence-corrected chi connectivity index (χ4v) is 2.16. The Balaban J connectivity index is 2.53. The van der Waals surface area contributed by atoms with E-state index in [-0.39, 0.29) is 0 Å². The second kappa shape index (κ2) is 7.33. The quantitative estimate of drug-likeness (QED) is 0.780. The molecule has 0 bridgehead atoms. The van der Waals surface area contributed by atoms with E-state index in [9.17, 15) is 0 Å². The second-order valence-electron chi connectivity index (χ2n) is 4.60. The number of rotatable bonds is 7. The van der Waals surface area contributed by atoms with Gasteiger partial charge in [0.1, 0.15) is 5.75 Å². The Labute approximate surface area is 105 Å². The van der Waals surface area contributed by atoms with Crippen molar-refractivity contribution in [3.63, 3.8) is 0 Å². The fourth-order valence-electron chi connectivity index (χ4n) is 2.16. The molecule has 0 saturated heterocycles. The second-order valence-corrected chi connectivity index (χ2v) is 4.60. The number of ether oxygens (including phenoxy) is 1. The molecule has 17 heavy (non-hydrogen) atoms. The van der Waals surface area contributed by atoms with E-state index in [1.165, 1.54) is 12.0 Å². The highest BCUT2D eigenvalue weighted by Gasteiger charge is 2.09. The molecule has 0 amide bonds. The summed E-state index contributed by atoms with van der Waals surface area (Å²) in [5.74, 6) is 1.54. The molecule has 2 heteroatoms.